The van der Waals surface area contributed by atoms with Crippen LogP contribution in [0.3, 0.4) is 0 Å². The summed E-state index contributed by atoms with van der Waals surface area (Å²) in [5.74, 6) is 1.59. The molecule has 0 saturated carbocycles. The third-order valence-electron chi connectivity index (χ3n) is 4.13. The number of aromatic nitrogens is 2. The maximum absolute atomic E-state index is 5.18. The molecule has 1 aromatic rings. The zero-order valence-corrected chi connectivity index (χ0v) is 11.1. The van der Waals surface area contributed by atoms with E-state index in [4.69, 9.17) is 4.52 Å². The van der Waals surface area contributed by atoms with Crippen LogP contribution in [-0.4, -0.2) is 40.2 Å². The summed E-state index contributed by atoms with van der Waals surface area (Å²) < 4.78 is 5.18. The summed E-state index contributed by atoms with van der Waals surface area (Å²) in [6.45, 7) is 5.22. The van der Waals surface area contributed by atoms with E-state index < -0.39 is 0 Å². The Kier molecular flexibility index (Phi) is 3.61. The molecule has 1 aromatic heterocycles. The van der Waals surface area contributed by atoms with Crippen LogP contribution in [0.1, 0.15) is 44.3 Å². The highest BCUT2D eigenvalue weighted by Crippen LogP contribution is 2.25. The van der Waals surface area contributed by atoms with Crippen LogP contribution in [0.15, 0.2) is 4.52 Å². The van der Waals surface area contributed by atoms with Crippen LogP contribution in [0.2, 0.25) is 0 Å². The molecule has 0 spiro atoms. The largest absolute Gasteiger partial charge is 0.339 e. The summed E-state index contributed by atoms with van der Waals surface area (Å²) in [5.41, 5.74) is 0. The van der Waals surface area contributed by atoms with Gasteiger partial charge in [-0.15, -0.1) is 0 Å². The molecule has 2 atom stereocenters. The first kappa shape index (κ1) is 12.1. The average Bonchev–Trinajstić information content (AvgIpc) is 3.09. The van der Waals surface area contributed by atoms with Crippen LogP contribution in [0.5, 0.6) is 0 Å². The second kappa shape index (κ2) is 5.36. The summed E-state index contributed by atoms with van der Waals surface area (Å²) in [5, 5.41) is 7.69. The van der Waals surface area contributed by atoms with Crippen LogP contribution in [0.25, 0.3) is 0 Å². The molecule has 0 bridgehead atoms. The lowest BCUT2D eigenvalue weighted by atomic mass is 10.0. The van der Waals surface area contributed by atoms with Crippen molar-refractivity contribution in [1.29, 1.82) is 0 Å². The van der Waals surface area contributed by atoms with Crippen LogP contribution >= 0.6 is 0 Å². The standard InChI is InChI=1S/C13H22N4O/c1-2-13-15-12(16-18-13)9-17-8-4-6-11(17)10-5-3-7-14-10/h10-11,14H,2-9H2,1H3. The Hall–Kier alpha value is -0.940. The van der Waals surface area contributed by atoms with Crippen molar-refractivity contribution in [2.45, 2.75) is 57.7 Å². The number of rotatable bonds is 4. The number of nitrogens with zero attached hydrogens (tertiary/aromatic N) is 3. The minimum absolute atomic E-state index is 0.663. The van der Waals surface area contributed by atoms with Gasteiger partial charge in [0.1, 0.15) is 0 Å². The van der Waals surface area contributed by atoms with Crippen molar-refractivity contribution in [1.82, 2.24) is 20.4 Å². The van der Waals surface area contributed by atoms with E-state index in [1.807, 2.05) is 6.92 Å². The van der Waals surface area contributed by atoms with Gasteiger partial charge in [-0.25, -0.2) is 0 Å². The Morgan fingerprint density at radius 2 is 2.33 bits per heavy atom. The minimum atomic E-state index is 0.663. The lowest BCUT2D eigenvalue weighted by molar-refractivity contribution is 0.199. The van der Waals surface area contributed by atoms with Crippen molar-refractivity contribution >= 4 is 0 Å². The molecule has 0 radical (unpaired) electrons. The van der Waals surface area contributed by atoms with Gasteiger partial charge in [-0.3, -0.25) is 4.90 Å². The average molecular weight is 250 g/mol. The van der Waals surface area contributed by atoms with Crippen LogP contribution in [0.4, 0.5) is 0 Å². The van der Waals surface area contributed by atoms with E-state index in [9.17, 15) is 0 Å². The Morgan fingerprint density at radius 1 is 1.39 bits per heavy atom. The highest BCUT2D eigenvalue weighted by Gasteiger charge is 2.33. The van der Waals surface area contributed by atoms with Crippen molar-refractivity contribution in [2.75, 3.05) is 13.1 Å². The first-order valence-electron chi connectivity index (χ1n) is 7.15. The van der Waals surface area contributed by atoms with Gasteiger partial charge in [0, 0.05) is 18.5 Å². The smallest absolute Gasteiger partial charge is 0.226 e. The zero-order valence-electron chi connectivity index (χ0n) is 11.1. The highest BCUT2D eigenvalue weighted by atomic mass is 16.5. The van der Waals surface area contributed by atoms with Gasteiger partial charge in [-0.05, 0) is 38.8 Å². The van der Waals surface area contributed by atoms with Gasteiger partial charge in [-0.1, -0.05) is 12.1 Å². The molecule has 0 aromatic carbocycles. The van der Waals surface area contributed by atoms with E-state index in [1.54, 1.807) is 0 Å². The van der Waals surface area contributed by atoms with Crippen LogP contribution < -0.4 is 5.32 Å². The lowest BCUT2D eigenvalue weighted by Crippen LogP contribution is -2.43. The molecule has 5 heteroatoms. The second-order valence-corrected chi connectivity index (χ2v) is 5.34. The van der Waals surface area contributed by atoms with E-state index in [0.717, 1.165) is 24.7 Å². The van der Waals surface area contributed by atoms with E-state index in [1.165, 1.54) is 38.8 Å². The zero-order chi connectivity index (χ0) is 12.4. The van der Waals surface area contributed by atoms with Gasteiger partial charge in [0.25, 0.3) is 0 Å². The molecule has 3 rings (SSSR count). The highest BCUT2D eigenvalue weighted by molar-refractivity contribution is 4.95. The van der Waals surface area contributed by atoms with Gasteiger partial charge in [0.05, 0.1) is 6.54 Å². The van der Waals surface area contributed by atoms with Crippen molar-refractivity contribution in [3.63, 3.8) is 0 Å². The van der Waals surface area contributed by atoms with Crippen LogP contribution in [0, 0.1) is 0 Å². The third-order valence-corrected chi connectivity index (χ3v) is 4.13. The Labute approximate surface area is 108 Å². The number of hydrogen-bond acceptors (Lipinski definition) is 5. The summed E-state index contributed by atoms with van der Waals surface area (Å²) >= 11 is 0. The summed E-state index contributed by atoms with van der Waals surface area (Å²) in [4.78, 5) is 6.93. The van der Waals surface area contributed by atoms with Gasteiger partial charge < -0.3 is 9.84 Å². The predicted octanol–water partition coefficient (Wildman–Crippen LogP) is 1.35. The van der Waals surface area contributed by atoms with E-state index >= 15 is 0 Å². The number of nitrogens with one attached hydrogen (secondary N) is 1. The Morgan fingerprint density at radius 3 is 3.06 bits per heavy atom. The van der Waals surface area contributed by atoms with Crippen molar-refractivity contribution in [3.8, 4) is 0 Å². The van der Waals surface area contributed by atoms with Crippen LogP contribution in [-0.2, 0) is 13.0 Å². The fourth-order valence-electron chi connectivity index (χ4n) is 3.22. The first-order chi connectivity index (χ1) is 8.86. The number of aryl methyl sites for hydroxylation is 1. The molecule has 2 unspecified atom stereocenters. The molecule has 18 heavy (non-hydrogen) atoms. The molecule has 0 amide bonds. The molecule has 100 valence electrons. The first-order valence-corrected chi connectivity index (χ1v) is 7.15. The van der Waals surface area contributed by atoms with Crippen molar-refractivity contribution in [3.05, 3.63) is 11.7 Å². The molecule has 2 aliphatic rings. The maximum atomic E-state index is 5.18. The number of likely N-dealkylation sites (tertiary alicyclic amines) is 1. The minimum Gasteiger partial charge on any atom is -0.339 e. The molecule has 3 heterocycles. The summed E-state index contributed by atoms with van der Waals surface area (Å²) in [6, 6.07) is 1.33. The quantitative estimate of drug-likeness (QED) is 0.874. The molecule has 0 aliphatic carbocycles. The fourth-order valence-corrected chi connectivity index (χ4v) is 3.22. The van der Waals surface area contributed by atoms with E-state index in [-0.39, 0.29) is 0 Å². The number of hydrogen-bond donors (Lipinski definition) is 1. The topological polar surface area (TPSA) is 54.2 Å². The molecule has 1 N–H and O–H groups in total. The molecule has 2 aliphatic heterocycles. The monoisotopic (exact) mass is 250 g/mol. The summed E-state index contributed by atoms with van der Waals surface area (Å²) in [6.07, 6.45) is 6.04. The Bertz CT molecular complexity index is 386. The Balaban J connectivity index is 1.63. The summed E-state index contributed by atoms with van der Waals surface area (Å²) in [7, 11) is 0. The second-order valence-electron chi connectivity index (χ2n) is 5.34. The SMILES string of the molecule is CCc1nc(CN2CCCC2C2CCCN2)no1. The van der Waals surface area contributed by atoms with Gasteiger partial charge in [-0.2, -0.15) is 4.98 Å². The molecular formula is C13H22N4O. The fraction of sp³-hybridized carbons (Fsp3) is 0.846. The maximum Gasteiger partial charge on any atom is 0.226 e. The van der Waals surface area contributed by atoms with E-state index in [0.29, 0.717) is 12.1 Å². The molecule has 2 saturated heterocycles. The molecule has 5 nitrogen and oxygen atoms in total. The normalized spacial score (nSPS) is 29.2. The molecule has 2 fully saturated rings. The van der Waals surface area contributed by atoms with Crippen molar-refractivity contribution < 1.29 is 4.52 Å². The van der Waals surface area contributed by atoms with Gasteiger partial charge in [0.15, 0.2) is 5.82 Å². The van der Waals surface area contributed by atoms with Crippen molar-refractivity contribution in [2.24, 2.45) is 0 Å². The predicted molar refractivity (Wildman–Crippen MR) is 68.1 cm³/mol. The molecular weight excluding hydrogens is 228 g/mol. The third kappa shape index (κ3) is 2.42. The lowest BCUT2D eigenvalue weighted by Gasteiger charge is -2.28. The van der Waals surface area contributed by atoms with Gasteiger partial charge in [0.2, 0.25) is 5.89 Å². The van der Waals surface area contributed by atoms with Gasteiger partial charge >= 0.3 is 0 Å². The van der Waals surface area contributed by atoms with E-state index in [2.05, 4.69) is 20.4 Å².